The molecular formula is C114H179NO18. The lowest BCUT2D eigenvalue weighted by Crippen LogP contribution is -2.28. The second-order valence-corrected chi connectivity index (χ2v) is 34.4. The van der Waals surface area contributed by atoms with Crippen LogP contribution in [0, 0.1) is 5.92 Å². The molecule has 0 saturated carbocycles. The molecule has 0 bridgehead atoms. The fraction of sp³-hybridized carbons (Fsp3) is 0.579. The van der Waals surface area contributed by atoms with Gasteiger partial charge in [0.25, 0.3) is 0 Å². The van der Waals surface area contributed by atoms with E-state index in [1.54, 1.807) is 56.9 Å². The summed E-state index contributed by atoms with van der Waals surface area (Å²) in [5.41, 5.74) is 25.1. The van der Waals surface area contributed by atoms with Gasteiger partial charge in [0.2, 0.25) is 0 Å². The molecule has 3 heterocycles. The van der Waals surface area contributed by atoms with Crippen LogP contribution in [-0.4, -0.2) is 148 Å². The van der Waals surface area contributed by atoms with Gasteiger partial charge in [-0.1, -0.05) is 170 Å². The van der Waals surface area contributed by atoms with Crippen molar-refractivity contribution in [1.29, 1.82) is 0 Å². The van der Waals surface area contributed by atoms with Crippen LogP contribution in [0.4, 0.5) is 0 Å². The maximum absolute atomic E-state index is 6.34. The minimum atomic E-state index is 0. The molecule has 1 saturated heterocycles. The van der Waals surface area contributed by atoms with E-state index >= 15 is 0 Å². The van der Waals surface area contributed by atoms with Gasteiger partial charge in [0.15, 0.2) is 0 Å². The SMILES string of the molecule is C.C.C.C.C.C.C.C.CCC(C)(C)c1ccc(OCCOc2c(COC)cc3c(c2COC)CCN(C)C3)cc1.CCC(C)c1ccc(OCCOc2c(COC)cc3c(c2COC)CC2CCOC2C3)cc1.CCC(C)c1ccc(OCCOc2c(COC)cc3c(c2COC)CCCC3)cc1.CCC(C)c1ccc(OCCOc2c(COC)cc3c(c2COC)CCOC3)cc1. The van der Waals surface area contributed by atoms with Crippen molar-refractivity contribution >= 4 is 0 Å². The van der Waals surface area contributed by atoms with Crippen molar-refractivity contribution in [1.82, 2.24) is 4.90 Å². The number of aryl methyl sites for hydroxylation is 1. The third kappa shape index (κ3) is 34.1. The number of fused-ring (bicyclic) bond motifs is 5. The van der Waals surface area contributed by atoms with Crippen molar-refractivity contribution in [2.24, 2.45) is 5.92 Å². The lowest BCUT2D eigenvalue weighted by atomic mass is 9.78. The monoisotopic (exact) mass is 1850 g/mol. The van der Waals surface area contributed by atoms with Crippen molar-refractivity contribution in [3.63, 3.8) is 0 Å². The van der Waals surface area contributed by atoms with Gasteiger partial charge in [-0.05, 0) is 259 Å². The second kappa shape index (κ2) is 63.2. The minimum absolute atomic E-state index is 0. The van der Waals surface area contributed by atoms with Crippen molar-refractivity contribution in [3.8, 4) is 46.0 Å². The van der Waals surface area contributed by atoms with Crippen LogP contribution in [0.2, 0.25) is 0 Å². The summed E-state index contributed by atoms with van der Waals surface area (Å²) < 4.78 is 104. The lowest BCUT2D eigenvalue weighted by molar-refractivity contribution is 0.0854. The standard InChI is InChI=1S/C28H38O5.C27H39NO4.C26H36O4.C25H34O5.8CH4/c1-5-19(2)20-6-8-24(9-7-20)31-12-13-33-28-23(17-29-3)14-22-16-27-21(10-11-32-27)15-25(22)26(28)18-30-4;1-7-27(2,3)22-8-10-23(11-9-22)31-14-15-32-26-21(18-29-5)16-20-17-28(4)13-12-24(20)25(26)19-30-6;1-5-19(2)20-10-12-23(13-11-20)29-14-15-30-26-22(17-27-3)16-21-8-6-7-9-24(21)25(26)18-28-4;1-5-18(2)19-6-8-22(9-7-19)29-12-13-30-25-21(15-26-3)14-20-16-28-11-10-23(20)24(25)17-27-4;;;;;;;;/h6-9,14,19,21,27H,5,10-13,15-18H2,1-4H3;8-11,16H,7,12-15,17-19H2,1-6H3;10-13,16,19H,5-9,14-15,17-18H2,1-4H3;6-9,14,18H,5,10-13,15-17H2,1-4H3;8*1H4. The van der Waals surface area contributed by atoms with Crippen molar-refractivity contribution in [3.05, 3.63) is 233 Å². The predicted molar refractivity (Wildman–Crippen MR) is 550 cm³/mol. The number of methoxy groups -OCH3 is 8. The summed E-state index contributed by atoms with van der Waals surface area (Å²) in [6, 6.07) is 42.5. The Labute approximate surface area is 807 Å². The van der Waals surface area contributed by atoms with Crippen LogP contribution < -0.4 is 37.9 Å². The summed E-state index contributed by atoms with van der Waals surface area (Å²) in [5.74, 6) is 9.33. The van der Waals surface area contributed by atoms with E-state index in [1.807, 2.05) is 36.4 Å². The highest BCUT2D eigenvalue weighted by Gasteiger charge is 2.37. The molecule has 13 rings (SSSR count). The zero-order valence-corrected chi connectivity index (χ0v) is 78.8. The molecule has 8 aromatic carbocycles. The van der Waals surface area contributed by atoms with Crippen LogP contribution in [0.3, 0.4) is 0 Å². The Morgan fingerprint density at radius 3 is 1.07 bits per heavy atom. The van der Waals surface area contributed by atoms with Gasteiger partial charge in [-0.3, -0.25) is 0 Å². The Morgan fingerprint density at radius 2 is 0.692 bits per heavy atom. The maximum Gasteiger partial charge on any atom is 0.130 e. The van der Waals surface area contributed by atoms with Gasteiger partial charge in [0, 0.05) is 121 Å². The quantitative estimate of drug-likeness (QED) is 0.0330. The molecule has 2 aliphatic carbocycles. The molecule has 748 valence electrons. The smallest absolute Gasteiger partial charge is 0.130 e. The van der Waals surface area contributed by atoms with Crippen LogP contribution >= 0.6 is 0 Å². The number of likely N-dealkylation sites (N-methyl/N-ethyl adjacent to an activating group) is 1. The highest BCUT2D eigenvalue weighted by molar-refractivity contribution is 5.55. The zero-order valence-electron chi connectivity index (χ0n) is 78.8. The van der Waals surface area contributed by atoms with Crippen molar-refractivity contribution in [2.45, 2.75) is 300 Å². The van der Waals surface area contributed by atoms with E-state index in [2.05, 4.69) is 159 Å². The van der Waals surface area contributed by atoms with Crippen LogP contribution in [0.25, 0.3) is 0 Å². The second-order valence-electron chi connectivity index (χ2n) is 34.4. The molecule has 0 N–H and O–H groups in total. The molecule has 3 aliphatic heterocycles. The summed E-state index contributed by atoms with van der Waals surface area (Å²) in [6.07, 6.45) is 14.5. The van der Waals surface area contributed by atoms with Gasteiger partial charge in [-0.2, -0.15) is 0 Å². The van der Waals surface area contributed by atoms with Gasteiger partial charge in [-0.15, -0.1) is 0 Å². The number of nitrogens with zero attached hydrogens (tertiary/aromatic N) is 1. The van der Waals surface area contributed by atoms with Gasteiger partial charge in [0.05, 0.1) is 72.2 Å². The zero-order chi connectivity index (χ0) is 89.0. The molecule has 5 aliphatic rings. The van der Waals surface area contributed by atoms with Gasteiger partial charge in [0.1, 0.15) is 98.9 Å². The average molecular weight is 1850 g/mol. The highest BCUT2D eigenvalue weighted by Crippen LogP contribution is 2.43. The largest absolute Gasteiger partial charge is 0.490 e. The third-order valence-corrected chi connectivity index (χ3v) is 25.4. The van der Waals surface area contributed by atoms with Crippen molar-refractivity contribution < 1.29 is 85.3 Å². The number of ether oxygens (including phenoxy) is 18. The predicted octanol–water partition coefficient (Wildman–Crippen LogP) is 26.5. The first-order valence-electron chi connectivity index (χ1n) is 45.8. The Bertz CT molecular complexity index is 4390. The first-order valence-corrected chi connectivity index (χ1v) is 45.8. The van der Waals surface area contributed by atoms with E-state index in [0.29, 0.717) is 142 Å². The average Bonchev–Trinajstić information content (AvgIpc) is 0.938. The number of rotatable bonds is 44. The molecule has 0 spiro atoms. The Morgan fingerprint density at radius 1 is 0.361 bits per heavy atom. The molecule has 19 nitrogen and oxygen atoms in total. The lowest BCUT2D eigenvalue weighted by Gasteiger charge is -2.30. The van der Waals surface area contributed by atoms with Gasteiger partial charge >= 0.3 is 0 Å². The van der Waals surface area contributed by atoms with Crippen LogP contribution in [0.1, 0.15) is 296 Å². The Balaban J connectivity index is 0.000000589. The van der Waals surface area contributed by atoms with E-state index in [4.69, 9.17) is 85.3 Å². The van der Waals surface area contributed by atoms with E-state index in [9.17, 15) is 0 Å². The molecule has 0 radical (unpaired) electrons. The fourth-order valence-electron chi connectivity index (χ4n) is 17.5. The van der Waals surface area contributed by atoms with Crippen LogP contribution in [0.5, 0.6) is 46.0 Å². The molecule has 0 amide bonds. The first-order chi connectivity index (χ1) is 60.9. The maximum atomic E-state index is 6.34. The van der Waals surface area contributed by atoms with Crippen LogP contribution in [0.15, 0.2) is 121 Å². The number of hydrogen-bond acceptors (Lipinski definition) is 19. The Kier molecular flexibility index (Phi) is 57.4. The molecule has 1 fully saturated rings. The molecule has 19 heteroatoms. The fourth-order valence-corrected chi connectivity index (χ4v) is 17.5. The minimum Gasteiger partial charge on any atom is -0.490 e. The van der Waals surface area contributed by atoms with Crippen molar-refractivity contribution in [2.75, 3.05) is 137 Å². The molecule has 0 aromatic heterocycles. The van der Waals surface area contributed by atoms with E-state index in [0.717, 1.165) is 182 Å². The van der Waals surface area contributed by atoms with E-state index in [1.165, 1.54) is 85.2 Å². The summed E-state index contributed by atoms with van der Waals surface area (Å²) in [7, 11) is 16.0. The topological polar surface area (TPSA) is 169 Å². The number of hydrogen-bond donors (Lipinski definition) is 0. The number of benzene rings is 8. The summed E-state index contributed by atoms with van der Waals surface area (Å²) >= 11 is 0. The molecule has 8 aromatic rings. The first kappa shape index (κ1) is 121. The Hall–Kier alpha value is -8.28. The van der Waals surface area contributed by atoms with E-state index < -0.39 is 0 Å². The molecule has 5 unspecified atom stereocenters. The highest BCUT2D eigenvalue weighted by atomic mass is 16.6. The van der Waals surface area contributed by atoms with Gasteiger partial charge in [-0.25, -0.2) is 0 Å². The summed E-state index contributed by atoms with van der Waals surface area (Å²) in [5, 5.41) is 0. The summed E-state index contributed by atoms with van der Waals surface area (Å²) in [6.45, 7) is 32.3. The third-order valence-electron chi connectivity index (χ3n) is 25.4. The van der Waals surface area contributed by atoms with Crippen LogP contribution in [-0.2, 0) is 157 Å². The molecule has 133 heavy (non-hydrogen) atoms. The van der Waals surface area contributed by atoms with E-state index in [-0.39, 0.29) is 64.8 Å². The molecule has 5 atom stereocenters. The van der Waals surface area contributed by atoms with Gasteiger partial charge < -0.3 is 90.2 Å². The molecular weight excluding hydrogens is 1670 g/mol. The normalized spacial score (nSPS) is 14.9. The summed E-state index contributed by atoms with van der Waals surface area (Å²) in [4.78, 5) is 2.34.